The van der Waals surface area contributed by atoms with E-state index in [1.807, 2.05) is 32.0 Å². The average Bonchev–Trinajstić information content (AvgIpc) is 3.20. The fourth-order valence-electron chi connectivity index (χ4n) is 3.17. The Balaban J connectivity index is 1.51. The third-order valence-electron chi connectivity index (χ3n) is 5.06. The molecule has 0 atom stereocenters. The Labute approximate surface area is 197 Å². The van der Waals surface area contributed by atoms with Gasteiger partial charge in [0.05, 0.1) is 33.2 Å². The fourth-order valence-corrected chi connectivity index (χ4v) is 4.11. The van der Waals surface area contributed by atoms with Gasteiger partial charge in [0.25, 0.3) is 0 Å². The molecule has 0 aliphatic rings. The van der Waals surface area contributed by atoms with Gasteiger partial charge in [0.2, 0.25) is 5.91 Å². The van der Waals surface area contributed by atoms with E-state index in [1.165, 1.54) is 5.56 Å². The molecule has 5 nitrogen and oxygen atoms in total. The summed E-state index contributed by atoms with van der Waals surface area (Å²) in [6.45, 7) is 4.08. The molecule has 0 spiro atoms. The fraction of sp³-hybridized carbons (Fsp3) is 0.174. The number of fused-ring (bicyclic) bond motifs is 1. The van der Waals surface area contributed by atoms with Crippen LogP contribution in [0.3, 0.4) is 0 Å². The van der Waals surface area contributed by atoms with Crippen molar-refractivity contribution in [3.63, 3.8) is 0 Å². The van der Waals surface area contributed by atoms with Crippen LogP contribution in [0.4, 0.5) is 18.9 Å². The first-order valence-corrected chi connectivity index (χ1v) is 11.2. The second kappa shape index (κ2) is 9.07. The Morgan fingerprint density at radius 1 is 1.12 bits per heavy atom. The van der Waals surface area contributed by atoms with Crippen molar-refractivity contribution >= 4 is 40.5 Å². The van der Waals surface area contributed by atoms with Gasteiger partial charge in [-0.25, -0.2) is 9.50 Å². The summed E-state index contributed by atoms with van der Waals surface area (Å²) in [6, 6.07) is 10.8. The number of halogens is 4. The molecule has 2 aromatic carbocycles. The minimum Gasteiger partial charge on any atom is -0.324 e. The standard InChI is InChI=1S/C23H18ClF3N4OS/c1-13-3-4-15(9-14(13)2)18-11-20-22(28-7-8-31(20)30-18)33-12-21(32)29-19-10-16(23(25,26)27)5-6-17(19)24/h3-11H,12H2,1-2H3,(H,29,32). The molecule has 0 bridgehead atoms. The molecular formula is C23H18ClF3N4OS. The molecule has 0 aliphatic carbocycles. The van der Waals surface area contributed by atoms with Crippen LogP contribution in [0, 0.1) is 13.8 Å². The molecule has 0 unspecified atom stereocenters. The van der Waals surface area contributed by atoms with E-state index in [0.717, 1.165) is 52.3 Å². The number of aromatic nitrogens is 3. The molecule has 33 heavy (non-hydrogen) atoms. The van der Waals surface area contributed by atoms with Crippen LogP contribution >= 0.6 is 23.4 Å². The van der Waals surface area contributed by atoms with Crippen LogP contribution < -0.4 is 5.32 Å². The van der Waals surface area contributed by atoms with Gasteiger partial charge in [-0.3, -0.25) is 4.79 Å². The highest BCUT2D eigenvalue weighted by Crippen LogP contribution is 2.34. The zero-order valence-electron chi connectivity index (χ0n) is 17.6. The molecular weight excluding hydrogens is 473 g/mol. The molecule has 0 aliphatic heterocycles. The average molecular weight is 491 g/mol. The van der Waals surface area contributed by atoms with Gasteiger partial charge in [-0.05, 0) is 55.3 Å². The highest BCUT2D eigenvalue weighted by atomic mass is 35.5. The maximum Gasteiger partial charge on any atom is 0.416 e. The number of amides is 1. The second-order valence-corrected chi connectivity index (χ2v) is 8.79. The number of rotatable bonds is 5. The first kappa shape index (κ1) is 23.1. The number of alkyl halides is 3. The van der Waals surface area contributed by atoms with Gasteiger partial charge >= 0.3 is 6.18 Å². The van der Waals surface area contributed by atoms with Gasteiger partial charge < -0.3 is 5.32 Å². The Kier molecular flexibility index (Phi) is 6.36. The van der Waals surface area contributed by atoms with Crippen molar-refractivity contribution in [1.29, 1.82) is 0 Å². The number of benzene rings is 2. The van der Waals surface area contributed by atoms with E-state index in [-0.39, 0.29) is 16.5 Å². The summed E-state index contributed by atoms with van der Waals surface area (Å²) in [6.07, 6.45) is -1.24. The molecule has 4 aromatic rings. The van der Waals surface area contributed by atoms with Crippen molar-refractivity contribution in [2.24, 2.45) is 0 Å². The molecule has 0 saturated heterocycles. The zero-order valence-corrected chi connectivity index (χ0v) is 19.1. The minimum atomic E-state index is -4.53. The number of hydrogen-bond acceptors (Lipinski definition) is 4. The second-order valence-electron chi connectivity index (χ2n) is 7.42. The normalized spacial score (nSPS) is 11.7. The van der Waals surface area contributed by atoms with E-state index in [9.17, 15) is 18.0 Å². The smallest absolute Gasteiger partial charge is 0.324 e. The lowest BCUT2D eigenvalue weighted by molar-refractivity contribution is -0.137. The number of thioether (sulfide) groups is 1. The van der Waals surface area contributed by atoms with Crippen LogP contribution in [0.5, 0.6) is 0 Å². The van der Waals surface area contributed by atoms with Crippen LogP contribution in [0.25, 0.3) is 16.8 Å². The Bertz CT molecular complexity index is 1350. The molecule has 1 amide bonds. The molecule has 4 rings (SSSR count). The highest BCUT2D eigenvalue weighted by molar-refractivity contribution is 8.00. The number of carbonyl (C=O) groups excluding carboxylic acids is 1. The predicted octanol–water partition coefficient (Wildman–Crippen LogP) is 6.42. The molecule has 2 aromatic heterocycles. The van der Waals surface area contributed by atoms with Gasteiger partial charge in [-0.2, -0.15) is 18.3 Å². The molecule has 0 fully saturated rings. The molecule has 0 saturated carbocycles. The van der Waals surface area contributed by atoms with Gasteiger partial charge in [-0.15, -0.1) is 0 Å². The van der Waals surface area contributed by atoms with E-state index in [0.29, 0.717) is 5.03 Å². The number of anilines is 1. The first-order chi connectivity index (χ1) is 15.6. The summed E-state index contributed by atoms with van der Waals surface area (Å²) >= 11 is 7.11. The third-order valence-corrected chi connectivity index (χ3v) is 6.39. The Morgan fingerprint density at radius 2 is 1.91 bits per heavy atom. The molecule has 2 heterocycles. The van der Waals surface area contributed by atoms with Crippen molar-refractivity contribution in [3.05, 3.63) is 76.6 Å². The number of hydrogen-bond donors (Lipinski definition) is 1. The monoisotopic (exact) mass is 490 g/mol. The Morgan fingerprint density at radius 3 is 2.64 bits per heavy atom. The maximum atomic E-state index is 12.9. The quantitative estimate of drug-likeness (QED) is 0.328. The summed E-state index contributed by atoms with van der Waals surface area (Å²) in [4.78, 5) is 16.7. The van der Waals surface area contributed by atoms with E-state index >= 15 is 0 Å². The summed E-state index contributed by atoms with van der Waals surface area (Å²) in [5.41, 5.74) is 3.82. The van der Waals surface area contributed by atoms with Crippen LogP contribution in [0.2, 0.25) is 5.02 Å². The highest BCUT2D eigenvalue weighted by Gasteiger charge is 2.31. The van der Waals surface area contributed by atoms with E-state index in [1.54, 1.807) is 16.9 Å². The molecule has 1 N–H and O–H groups in total. The number of nitrogens with zero attached hydrogens (tertiary/aromatic N) is 3. The van der Waals surface area contributed by atoms with Crippen LogP contribution in [0.1, 0.15) is 16.7 Å². The van der Waals surface area contributed by atoms with Crippen molar-refractivity contribution < 1.29 is 18.0 Å². The number of nitrogens with one attached hydrogen (secondary N) is 1. The number of carbonyl (C=O) groups is 1. The maximum absolute atomic E-state index is 12.9. The largest absolute Gasteiger partial charge is 0.416 e. The van der Waals surface area contributed by atoms with Gasteiger partial charge in [0.1, 0.15) is 5.03 Å². The van der Waals surface area contributed by atoms with Crippen LogP contribution in [-0.2, 0) is 11.0 Å². The van der Waals surface area contributed by atoms with Crippen LogP contribution in [-0.4, -0.2) is 26.3 Å². The molecule has 0 radical (unpaired) electrons. The van der Waals surface area contributed by atoms with Crippen molar-refractivity contribution in [2.45, 2.75) is 25.0 Å². The van der Waals surface area contributed by atoms with Gasteiger partial charge in [0.15, 0.2) is 0 Å². The van der Waals surface area contributed by atoms with Crippen molar-refractivity contribution in [1.82, 2.24) is 14.6 Å². The first-order valence-electron chi connectivity index (χ1n) is 9.83. The van der Waals surface area contributed by atoms with Gasteiger partial charge in [0, 0.05) is 18.0 Å². The van der Waals surface area contributed by atoms with E-state index in [2.05, 4.69) is 21.5 Å². The zero-order chi connectivity index (χ0) is 23.8. The lowest BCUT2D eigenvalue weighted by Crippen LogP contribution is -2.15. The van der Waals surface area contributed by atoms with E-state index in [4.69, 9.17) is 11.6 Å². The van der Waals surface area contributed by atoms with Crippen molar-refractivity contribution in [2.75, 3.05) is 11.1 Å². The van der Waals surface area contributed by atoms with Crippen molar-refractivity contribution in [3.8, 4) is 11.3 Å². The summed E-state index contributed by atoms with van der Waals surface area (Å²) in [5.74, 6) is -0.567. The summed E-state index contributed by atoms with van der Waals surface area (Å²) < 4.78 is 40.5. The lowest BCUT2D eigenvalue weighted by atomic mass is 10.0. The van der Waals surface area contributed by atoms with E-state index < -0.39 is 17.6 Å². The minimum absolute atomic E-state index is 0.0235. The topological polar surface area (TPSA) is 59.3 Å². The number of aryl methyl sites for hydroxylation is 2. The SMILES string of the molecule is Cc1ccc(-c2cc3c(SCC(=O)Nc4cc(C(F)(F)F)ccc4Cl)nccn3n2)cc1C. The third kappa shape index (κ3) is 5.15. The lowest BCUT2D eigenvalue weighted by Gasteiger charge is -2.11. The molecule has 170 valence electrons. The summed E-state index contributed by atoms with van der Waals surface area (Å²) in [7, 11) is 0. The van der Waals surface area contributed by atoms with Gasteiger partial charge in [-0.1, -0.05) is 35.5 Å². The van der Waals surface area contributed by atoms with Crippen LogP contribution in [0.15, 0.2) is 59.9 Å². The summed E-state index contributed by atoms with van der Waals surface area (Å²) in [5, 5.41) is 7.63. The molecule has 10 heteroatoms. The Hall–Kier alpha value is -3.04. The predicted molar refractivity (Wildman–Crippen MR) is 124 cm³/mol.